The molecule has 0 spiro atoms. The zero-order valence-corrected chi connectivity index (χ0v) is 19.8. The number of halogens is 6. The van der Waals surface area contributed by atoms with Crippen molar-refractivity contribution in [3.8, 4) is 0 Å². The molecule has 2 N–H and O–H groups in total. The number of benzene rings is 2. The van der Waals surface area contributed by atoms with Crippen LogP contribution >= 0.6 is 23.2 Å². The molecule has 1 atom stereocenters. The van der Waals surface area contributed by atoms with Gasteiger partial charge < -0.3 is 15.5 Å². The number of hydrogen-bond donors (Lipinski definition) is 2. The summed E-state index contributed by atoms with van der Waals surface area (Å²) in [6, 6.07) is 8.83. The van der Waals surface area contributed by atoms with E-state index in [1.54, 1.807) is 18.2 Å². The number of nitrogens with zero attached hydrogens (tertiary/aromatic N) is 1. The molecular weight excluding hydrogens is 493 g/mol. The molecule has 1 aliphatic rings. The average molecular weight is 516 g/mol. The normalized spacial score (nSPS) is 17.7. The van der Waals surface area contributed by atoms with E-state index in [2.05, 4.69) is 28.9 Å². The molecule has 0 saturated carbocycles. The van der Waals surface area contributed by atoms with E-state index in [-0.39, 0.29) is 27.9 Å². The van der Waals surface area contributed by atoms with Crippen LogP contribution in [0.1, 0.15) is 28.7 Å². The first-order chi connectivity index (χ1) is 16.0. The maximum absolute atomic E-state index is 14.2. The highest BCUT2D eigenvalue weighted by Crippen LogP contribution is 2.49. The Labute approximate surface area is 205 Å². The van der Waals surface area contributed by atoms with Gasteiger partial charge in [0.05, 0.1) is 12.3 Å². The van der Waals surface area contributed by atoms with Crippen LogP contribution in [0, 0.1) is 6.92 Å². The summed E-state index contributed by atoms with van der Waals surface area (Å²) in [6.07, 6.45) is -5.30. The van der Waals surface area contributed by atoms with Crippen molar-refractivity contribution in [2.45, 2.75) is 25.1 Å². The van der Waals surface area contributed by atoms with E-state index in [9.17, 15) is 17.6 Å². The summed E-state index contributed by atoms with van der Waals surface area (Å²) >= 11 is 11.9. The molecule has 182 valence electrons. The number of aryl methyl sites for hydroxylation is 1. The van der Waals surface area contributed by atoms with Gasteiger partial charge in [-0.2, -0.15) is 13.2 Å². The third-order valence-electron chi connectivity index (χ3n) is 5.38. The number of hydrogen-bond acceptors (Lipinski definition) is 4. The lowest BCUT2D eigenvalue weighted by Gasteiger charge is -2.29. The van der Waals surface area contributed by atoms with Crippen LogP contribution in [0.2, 0.25) is 10.0 Å². The van der Waals surface area contributed by atoms with Crippen molar-refractivity contribution in [2.75, 3.05) is 19.8 Å². The Bertz CT molecular complexity index is 1110. The van der Waals surface area contributed by atoms with E-state index in [1.807, 2.05) is 6.92 Å². The summed E-state index contributed by atoms with van der Waals surface area (Å²) in [5, 5.41) is 9.84. The Morgan fingerprint density at radius 1 is 1.12 bits per heavy atom. The highest BCUT2D eigenvalue weighted by atomic mass is 35.5. The molecule has 1 unspecified atom stereocenters. The molecule has 0 bridgehead atoms. The van der Waals surface area contributed by atoms with E-state index >= 15 is 0 Å². The summed E-state index contributed by atoms with van der Waals surface area (Å²) in [5.74, 6) is 0. The van der Waals surface area contributed by atoms with Gasteiger partial charge in [-0.1, -0.05) is 53.6 Å². The highest BCUT2D eigenvalue weighted by Gasteiger charge is 2.62. The maximum atomic E-state index is 14.2. The molecule has 0 amide bonds. The van der Waals surface area contributed by atoms with Crippen LogP contribution in [0.3, 0.4) is 0 Å². The van der Waals surface area contributed by atoms with Gasteiger partial charge in [0.25, 0.3) is 5.60 Å². The van der Waals surface area contributed by atoms with Crippen LogP contribution in [-0.2, 0) is 10.4 Å². The molecule has 2 aromatic rings. The number of alkyl halides is 4. The van der Waals surface area contributed by atoms with Crippen molar-refractivity contribution in [1.29, 1.82) is 0 Å². The van der Waals surface area contributed by atoms with Crippen LogP contribution in [0.15, 0.2) is 60.4 Å². The minimum atomic E-state index is -4.77. The molecule has 0 aliphatic carbocycles. The fourth-order valence-corrected chi connectivity index (χ4v) is 4.15. The summed E-state index contributed by atoms with van der Waals surface area (Å²) in [7, 11) is 0. The van der Waals surface area contributed by atoms with Gasteiger partial charge in [0.1, 0.15) is 6.67 Å². The summed E-state index contributed by atoms with van der Waals surface area (Å²) in [6.45, 7) is 9.61. The Morgan fingerprint density at radius 2 is 1.79 bits per heavy atom. The van der Waals surface area contributed by atoms with E-state index in [4.69, 9.17) is 28.0 Å². The lowest BCUT2D eigenvalue weighted by molar-refractivity contribution is -0.275. The average Bonchev–Trinajstić information content (AvgIpc) is 3.22. The molecule has 2 aromatic carbocycles. The zero-order valence-electron chi connectivity index (χ0n) is 18.3. The monoisotopic (exact) mass is 515 g/mol. The van der Waals surface area contributed by atoms with Crippen LogP contribution in [-0.4, -0.2) is 31.7 Å². The fraction of sp³-hybridized carbons (Fsp3) is 0.292. The maximum Gasteiger partial charge on any atom is 0.435 e. The second kappa shape index (κ2) is 10.3. The first-order valence-corrected chi connectivity index (χ1v) is 11.0. The fourth-order valence-electron chi connectivity index (χ4n) is 3.62. The summed E-state index contributed by atoms with van der Waals surface area (Å²) < 4.78 is 54.8. The molecule has 4 nitrogen and oxygen atoms in total. The molecule has 3 rings (SSSR count). The molecule has 1 aliphatic heterocycles. The lowest BCUT2D eigenvalue weighted by Crippen LogP contribution is -2.42. The van der Waals surface area contributed by atoms with Gasteiger partial charge in [-0.15, -0.1) is 0 Å². The highest BCUT2D eigenvalue weighted by molar-refractivity contribution is 6.34. The minimum absolute atomic E-state index is 0.0666. The molecule has 10 heteroatoms. The first kappa shape index (κ1) is 25.9. The second-order valence-corrected chi connectivity index (χ2v) is 8.74. The van der Waals surface area contributed by atoms with Gasteiger partial charge in [-0.05, 0) is 47.9 Å². The van der Waals surface area contributed by atoms with Crippen molar-refractivity contribution < 1.29 is 22.4 Å². The van der Waals surface area contributed by atoms with E-state index < -0.39 is 24.9 Å². The van der Waals surface area contributed by atoms with Crippen molar-refractivity contribution in [3.63, 3.8) is 0 Å². The van der Waals surface area contributed by atoms with Crippen molar-refractivity contribution in [2.24, 2.45) is 5.16 Å². The topological polar surface area (TPSA) is 45.7 Å². The van der Waals surface area contributed by atoms with Crippen molar-refractivity contribution in [1.82, 2.24) is 10.6 Å². The van der Waals surface area contributed by atoms with Gasteiger partial charge >= 0.3 is 6.18 Å². The molecule has 0 radical (unpaired) electrons. The number of rotatable bonds is 9. The Kier molecular flexibility index (Phi) is 7.83. The Balaban J connectivity index is 1.80. The van der Waals surface area contributed by atoms with Gasteiger partial charge in [0, 0.05) is 40.0 Å². The third kappa shape index (κ3) is 5.50. The van der Waals surface area contributed by atoms with Crippen LogP contribution in [0.4, 0.5) is 17.6 Å². The number of nitrogens with one attached hydrogen (secondary N) is 2. The van der Waals surface area contributed by atoms with Gasteiger partial charge in [0.15, 0.2) is 0 Å². The van der Waals surface area contributed by atoms with Crippen LogP contribution < -0.4 is 10.6 Å². The molecular formula is C24H23Cl2F4N3O. The summed E-state index contributed by atoms with van der Waals surface area (Å²) in [5.41, 5.74) is 0.462. The second-order valence-electron chi connectivity index (χ2n) is 7.87. The molecule has 34 heavy (non-hydrogen) atoms. The first-order valence-electron chi connectivity index (χ1n) is 10.3. The minimum Gasteiger partial charge on any atom is -0.385 e. The van der Waals surface area contributed by atoms with Crippen LogP contribution in [0.25, 0.3) is 5.70 Å². The molecule has 0 saturated heterocycles. The van der Waals surface area contributed by atoms with E-state index in [1.165, 1.54) is 18.2 Å². The third-order valence-corrected chi connectivity index (χ3v) is 5.82. The standard InChI is InChI=1S/C24H23Cl2F4N3O/c1-14-8-17(4-5-21(14)16(3)32-13-15(2)31-7-6-27)22-12-23(34-33-22,24(28,29)30)18-9-19(25)11-20(26)10-18/h4-5,8-11,31-32H,2-3,6-7,12-13H2,1H3. The van der Waals surface area contributed by atoms with Gasteiger partial charge in [0.2, 0.25) is 0 Å². The summed E-state index contributed by atoms with van der Waals surface area (Å²) in [4.78, 5) is 5.06. The molecule has 0 aromatic heterocycles. The molecule has 1 heterocycles. The smallest absolute Gasteiger partial charge is 0.385 e. The molecule has 0 fully saturated rings. The largest absolute Gasteiger partial charge is 0.435 e. The van der Waals surface area contributed by atoms with E-state index in [0.29, 0.717) is 23.5 Å². The predicted molar refractivity (Wildman–Crippen MR) is 128 cm³/mol. The number of oxime groups is 1. The van der Waals surface area contributed by atoms with Crippen molar-refractivity contribution in [3.05, 3.63) is 87.6 Å². The zero-order chi connectivity index (χ0) is 25.1. The SMILES string of the molecule is C=C(CNC(=C)c1ccc(C2=NOC(c3cc(Cl)cc(Cl)c3)(C(F)(F)F)C2)cc1C)NCCF. The van der Waals surface area contributed by atoms with Gasteiger partial charge in [-0.25, -0.2) is 4.39 Å². The Hall–Kier alpha value is -2.71. The van der Waals surface area contributed by atoms with Gasteiger partial charge in [-0.3, -0.25) is 0 Å². The predicted octanol–water partition coefficient (Wildman–Crippen LogP) is 6.52. The van der Waals surface area contributed by atoms with Crippen molar-refractivity contribution >= 4 is 34.6 Å². The van der Waals surface area contributed by atoms with E-state index in [0.717, 1.165) is 11.1 Å². The lowest BCUT2D eigenvalue weighted by atomic mass is 9.86. The quantitative estimate of drug-likeness (QED) is 0.374. The van der Waals surface area contributed by atoms with Crippen LogP contribution in [0.5, 0.6) is 0 Å². The Morgan fingerprint density at radius 3 is 2.38 bits per heavy atom.